The molecule has 0 aliphatic carbocycles. The topological polar surface area (TPSA) is 55.4 Å². The summed E-state index contributed by atoms with van der Waals surface area (Å²) in [4.78, 5) is 23.0. The molecule has 0 aliphatic heterocycles. The van der Waals surface area contributed by atoms with Crippen molar-refractivity contribution in [3.63, 3.8) is 0 Å². The van der Waals surface area contributed by atoms with Gasteiger partial charge in [0.25, 0.3) is 5.91 Å². The Balaban J connectivity index is 1.96. The van der Waals surface area contributed by atoms with Crippen molar-refractivity contribution in [1.82, 2.24) is 0 Å². The molecular weight excluding hydrogens is 383 g/mol. The standard InChI is InChI=1S/C22H24F3NO3/c23-22(24,25)18-13-11-17(12-14-18)16-29-20(10-6-1-2-7-15-27)21(28)26-19-8-4-3-5-9-19/h3-5,8-9,11-15,20H,1-2,6-7,10,16H2,(H,26,28). The smallest absolute Gasteiger partial charge is 0.364 e. The molecule has 7 heteroatoms. The molecule has 1 N–H and O–H groups in total. The van der Waals surface area contributed by atoms with Crippen LogP contribution in [0.4, 0.5) is 18.9 Å². The van der Waals surface area contributed by atoms with Gasteiger partial charge in [-0.3, -0.25) is 4.79 Å². The van der Waals surface area contributed by atoms with Crippen LogP contribution in [-0.2, 0) is 27.1 Å². The van der Waals surface area contributed by atoms with E-state index in [0.29, 0.717) is 30.5 Å². The summed E-state index contributed by atoms with van der Waals surface area (Å²) in [5, 5.41) is 2.79. The zero-order chi connectivity index (χ0) is 21.1. The van der Waals surface area contributed by atoms with Crippen LogP contribution in [0.25, 0.3) is 0 Å². The van der Waals surface area contributed by atoms with Crippen molar-refractivity contribution in [2.45, 2.75) is 51.0 Å². The van der Waals surface area contributed by atoms with E-state index < -0.39 is 17.8 Å². The molecule has 1 unspecified atom stereocenters. The zero-order valence-electron chi connectivity index (χ0n) is 16.0. The number of aldehydes is 1. The molecule has 29 heavy (non-hydrogen) atoms. The summed E-state index contributed by atoms with van der Waals surface area (Å²) in [5.41, 5.74) is 0.466. The lowest BCUT2D eigenvalue weighted by atomic mass is 10.1. The highest BCUT2D eigenvalue weighted by molar-refractivity contribution is 5.94. The quantitative estimate of drug-likeness (QED) is 0.402. The van der Waals surface area contributed by atoms with E-state index >= 15 is 0 Å². The van der Waals surface area contributed by atoms with Crippen molar-refractivity contribution in [3.05, 3.63) is 65.7 Å². The molecule has 0 saturated heterocycles. The average Bonchev–Trinajstić information content (AvgIpc) is 2.70. The van der Waals surface area contributed by atoms with Gasteiger partial charge >= 0.3 is 6.18 Å². The van der Waals surface area contributed by atoms with Crippen LogP contribution in [-0.4, -0.2) is 18.3 Å². The van der Waals surface area contributed by atoms with E-state index in [1.807, 2.05) is 6.07 Å². The number of para-hydroxylation sites is 1. The summed E-state index contributed by atoms with van der Waals surface area (Å²) in [7, 11) is 0. The highest BCUT2D eigenvalue weighted by Gasteiger charge is 2.30. The van der Waals surface area contributed by atoms with Crippen molar-refractivity contribution in [2.24, 2.45) is 0 Å². The Labute approximate surface area is 168 Å². The predicted octanol–water partition coefficient (Wildman–Crippen LogP) is 5.38. The lowest BCUT2D eigenvalue weighted by molar-refractivity contribution is -0.137. The van der Waals surface area contributed by atoms with Gasteiger partial charge in [0, 0.05) is 12.1 Å². The zero-order valence-corrected chi connectivity index (χ0v) is 16.0. The minimum atomic E-state index is -4.39. The summed E-state index contributed by atoms with van der Waals surface area (Å²) in [6, 6.07) is 13.6. The van der Waals surface area contributed by atoms with Gasteiger partial charge in [-0.15, -0.1) is 0 Å². The van der Waals surface area contributed by atoms with E-state index in [0.717, 1.165) is 31.3 Å². The van der Waals surface area contributed by atoms with Crippen LogP contribution in [0.3, 0.4) is 0 Å². The average molecular weight is 407 g/mol. The van der Waals surface area contributed by atoms with Crippen LogP contribution in [0, 0.1) is 0 Å². The molecule has 0 saturated carbocycles. The van der Waals surface area contributed by atoms with Gasteiger partial charge in [0.1, 0.15) is 12.4 Å². The second-order valence-corrected chi connectivity index (χ2v) is 6.65. The Morgan fingerprint density at radius 1 is 1.00 bits per heavy atom. The molecule has 0 spiro atoms. The van der Waals surface area contributed by atoms with Gasteiger partial charge in [0.05, 0.1) is 12.2 Å². The van der Waals surface area contributed by atoms with Gasteiger partial charge in [-0.25, -0.2) is 0 Å². The van der Waals surface area contributed by atoms with Crippen molar-refractivity contribution < 1.29 is 27.5 Å². The number of benzene rings is 2. The van der Waals surface area contributed by atoms with Crippen molar-refractivity contribution in [1.29, 1.82) is 0 Å². The van der Waals surface area contributed by atoms with E-state index in [1.165, 1.54) is 12.1 Å². The third-order valence-corrected chi connectivity index (χ3v) is 4.35. The molecule has 0 heterocycles. The first-order valence-corrected chi connectivity index (χ1v) is 9.47. The maximum absolute atomic E-state index is 12.7. The molecule has 2 rings (SSSR count). The highest BCUT2D eigenvalue weighted by atomic mass is 19.4. The van der Waals surface area contributed by atoms with E-state index in [4.69, 9.17) is 4.74 Å². The molecule has 2 aromatic carbocycles. The number of rotatable bonds is 11. The molecule has 4 nitrogen and oxygen atoms in total. The summed E-state index contributed by atoms with van der Waals surface area (Å²) < 4.78 is 43.7. The maximum atomic E-state index is 12.7. The molecular formula is C22H24F3NO3. The Bertz CT molecular complexity index is 761. The van der Waals surface area contributed by atoms with Crippen molar-refractivity contribution in [2.75, 3.05) is 5.32 Å². The van der Waals surface area contributed by atoms with Crippen LogP contribution in [0.2, 0.25) is 0 Å². The first kappa shape index (κ1) is 22.6. The predicted molar refractivity (Wildman–Crippen MR) is 104 cm³/mol. The number of carbonyl (C=O) groups excluding carboxylic acids is 2. The minimum Gasteiger partial charge on any atom is -0.364 e. The molecule has 1 atom stereocenters. The monoisotopic (exact) mass is 407 g/mol. The molecule has 0 fully saturated rings. The number of alkyl halides is 3. The normalized spacial score (nSPS) is 12.4. The van der Waals surface area contributed by atoms with Gasteiger partial charge in [-0.2, -0.15) is 13.2 Å². The summed E-state index contributed by atoms with van der Waals surface area (Å²) in [5.74, 6) is -0.307. The molecule has 0 aliphatic rings. The van der Waals surface area contributed by atoms with E-state index in [9.17, 15) is 22.8 Å². The summed E-state index contributed by atoms with van der Waals surface area (Å²) in [6.07, 6.45) is -1.10. The summed E-state index contributed by atoms with van der Waals surface area (Å²) in [6.45, 7) is 0.0271. The number of hydrogen-bond donors (Lipinski definition) is 1. The number of anilines is 1. The fourth-order valence-electron chi connectivity index (χ4n) is 2.76. The highest BCUT2D eigenvalue weighted by Crippen LogP contribution is 2.29. The molecule has 156 valence electrons. The number of unbranched alkanes of at least 4 members (excludes halogenated alkanes) is 3. The van der Waals surface area contributed by atoms with Crippen LogP contribution >= 0.6 is 0 Å². The first-order chi connectivity index (χ1) is 13.9. The lowest BCUT2D eigenvalue weighted by Crippen LogP contribution is -2.30. The van der Waals surface area contributed by atoms with Gasteiger partial charge in [0.2, 0.25) is 0 Å². The molecule has 0 bridgehead atoms. The Kier molecular flexibility index (Phi) is 8.86. The number of ether oxygens (including phenoxy) is 1. The first-order valence-electron chi connectivity index (χ1n) is 9.47. The van der Waals surface area contributed by atoms with Crippen molar-refractivity contribution in [3.8, 4) is 0 Å². The van der Waals surface area contributed by atoms with Gasteiger partial charge in [0.15, 0.2) is 0 Å². The third-order valence-electron chi connectivity index (χ3n) is 4.35. The fourth-order valence-corrected chi connectivity index (χ4v) is 2.76. The van der Waals surface area contributed by atoms with Crippen LogP contribution in [0.15, 0.2) is 54.6 Å². The number of nitrogens with one attached hydrogen (secondary N) is 1. The number of amides is 1. The SMILES string of the molecule is O=CCCCCCC(OCc1ccc(C(F)(F)F)cc1)C(=O)Nc1ccccc1. The Morgan fingerprint density at radius 3 is 2.31 bits per heavy atom. The number of carbonyl (C=O) groups is 2. The van der Waals surface area contributed by atoms with E-state index in [2.05, 4.69) is 5.32 Å². The molecule has 0 radical (unpaired) electrons. The van der Waals surface area contributed by atoms with Crippen molar-refractivity contribution >= 4 is 17.9 Å². The van der Waals surface area contributed by atoms with Crippen LogP contribution < -0.4 is 5.32 Å². The largest absolute Gasteiger partial charge is 0.416 e. The second kappa shape index (κ2) is 11.4. The number of halogens is 3. The lowest BCUT2D eigenvalue weighted by Gasteiger charge is -2.18. The fraction of sp³-hybridized carbons (Fsp3) is 0.364. The summed E-state index contributed by atoms with van der Waals surface area (Å²) >= 11 is 0. The third kappa shape index (κ3) is 8.07. The number of hydrogen-bond acceptors (Lipinski definition) is 3. The molecule has 2 aromatic rings. The Morgan fingerprint density at radius 2 is 1.69 bits per heavy atom. The Hall–Kier alpha value is -2.67. The van der Waals surface area contributed by atoms with Gasteiger partial charge in [-0.05, 0) is 42.7 Å². The molecule has 0 aromatic heterocycles. The van der Waals surface area contributed by atoms with E-state index in [1.54, 1.807) is 24.3 Å². The van der Waals surface area contributed by atoms with Crippen LogP contribution in [0.1, 0.15) is 43.2 Å². The van der Waals surface area contributed by atoms with E-state index in [-0.39, 0.29) is 12.5 Å². The maximum Gasteiger partial charge on any atom is 0.416 e. The van der Waals surface area contributed by atoms with Gasteiger partial charge < -0.3 is 14.8 Å². The van der Waals surface area contributed by atoms with Gasteiger partial charge in [-0.1, -0.05) is 43.2 Å². The minimum absolute atomic E-state index is 0.0271. The van der Waals surface area contributed by atoms with Crippen LogP contribution in [0.5, 0.6) is 0 Å². The second-order valence-electron chi connectivity index (χ2n) is 6.65. The molecule has 1 amide bonds.